The average molecular weight is 263 g/mol. The maximum absolute atomic E-state index is 5.60. The van der Waals surface area contributed by atoms with Gasteiger partial charge in [-0.25, -0.2) is 0 Å². The Labute approximate surface area is 122 Å². The van der Waals surface area contributed by atoms with Crippen molar-refractivity contribution in [1.29, 1.82) is 0 Å². The molecular weight excluding hydrogens is 242 g/mol. The number of nitrogens with zero attached hydrogens (tertiary/aromatic N) is 1. The molecule has 0 atom stereocenters. The smallest absolute Gasteiger partial charge is 0.0444 e. The van der Waals surface area contributed by atoms with Gasteiger partial charge in [-0.3, -0.25) is 0 Å². The Morgan fingerprint density at radius 1 is 1.05 bits per heavy atom. The van der Waals surface area contributed by atoms with Crippen LogP contribution in [-0.4, -0.2) is 6.04 Å². The quantitative estimate of drug-likeness (QED) is 0.739. The van der Waals surface area contributed by atoms with Gasteiger partial charge >= 0.3 is 0 Å². The molecule has 0 aromatic heterocycles. The van der Waals surface area contributed by atoms with Gasteiger partial charge in [0.1, 0.15) is 0 Å². The summed E-state index contributed by atoms with van der Waals surface area (Å²) < 4.78 is 0. The first-order valence-corrected chi connectivity index (χ1v) is 7.00. The summed E-state index contributed by atoms with van der Waals surface area (Å²) in [7, 11) is 0. The maximum atomic E-state index is 5.60. The molecule has 2 rings (SSSR count). The number of terminal acetylenes is 1. The second-order valence-electron chi connectivity index (χ2n) is 5.31. The molecule has 0 unspecified atom stereocenters. The molecule has 102 valence electrons. The van der Waals surface area contributed by atoms with Gasteiger partial charge in [0.15, 0.2) is 0 Å². The Balaban J connectivity index is 2.37. The van der Waals surface area contributed by atoms with Gasteiger partial charge in [-0.05, 0) is 44.0 Å². The van der Waals surface area contributed by atoms with Gasteiger partial charge in [0.25, 0.3) is 0 Å². The van der Waals surface area contributed by atoms with Crippen LogP contribution in [0.3, 0.4) is 0 Å². The van der Waals surface area contributed by atoms with Crippen molar-refractivity contribution in [3.05, 3.63) is 65.2 Å². The standard InChI is InChI=1S/C19H21N/c1-5-17-11-7-8-12-18(17)14-20(15(2)3)19-13-9-6-10-16(19)4/h1,6-13,15H,14H2,2-4H3. The molecular formula is C19H21N. The topological polar surface area (TPSA) is 3.24 Å². The lowest BCUT2D eigenvalue weighted by molar-refractivity contribution is 0.680. The monoisotopic (exact) mass is 263 g/mol. The number of anilines is 1. The van der Waals surface area contributed by atoms with Gasteiger partial charge < -0.3 is 4.90 Å². The first kappa shape index (κ1) is 14.2. The number of rotatable bonds is 4. The number of benzene rings is 2. The van der Waals surface area contributed by atoms with Crippen LogP contribution in [0.1, 0.15) is 30.5 Å². The number of hydrogen-bond donors (Lipinski definition) is 0. The minimum Gasteiger partial charge on any atom is -0.365 e. The molecule has 1 heteroatoms. The van der Waals surface area contributed by atoms with E-state index in [0.29, 0.717) is 6.04 Å². The normalized spacial score (nSPS) is 10.3. The van der Waals surface area contributed by atoms with E-state index in [4.69, 9.17) is 6.42 Å². The molecule has 20 heavy (non-hydrogen) atoms. The molecule has 0 heterocycles. The molecule has 0 amide bonds. The van der Waals surface area contributed by atoms with Crippen molar-refractivity contribution in [3.8, 4) is 12.3 Å². The SMILES string of the molecule is C#Cc1ccccc1CN(c1ccccc1C)C(C)C. The van der Waals surface area contributed by atoms with E-state index in [9.17, 15) is 0 Å². The van der Waals surface area contributed by atoms with Gasteiger partial charge in [-0.2, -0.15) is 0 Å². The van der Waals surface area contributed by atoms with Gasteiger partial charge in [-0.15, -0.1) is 6.42 Å². The highest BCUT2D eigenvalue weighted by Crippen LogP contribution is 2.24. The summed E-state index contributed by atoms with van der Waals surface area (Å²) in [6.45, 7) is 7.41. The second-order valence-corrected chi connectivity index (χ2v) is 5.31. The largest absolute Gasteiger partial charge is 0.365 e. The Bertz CT molecular complexity index is 620. The fraction of sp³-hybridized carbons (Fsp3) is 0.263. The Kier molecular flexibility index (Phi) is 4.48. The van der Waals surface area contributed by atoms with E-state index in [2.05, 4.69) is 61.9 Å². The number of hydrogen-bond acceptors (Lipinski definition) is 1. The molecule has 0 spiro atoms. The first-order valence-electron chi connectivity index (χ1n) is 7.00. The van der Waals surface area contributed by atoms with E-state index >= 15 is 0 Å². The van der Waals surface area contributed by atoms with E-state index in [0.717, 1.165) is 12.1 Å². The van der Waals surface area contributed by atoms with Crippen molar-refractivity contribution < 1.29 is 0 Å². The number of para-hydroxylation sites is 1. The van der Waals surface area contributed by atoms with Crippen LogP contribution in [0.15, 0.2) is 48.5 Å². The molecule has 0 saturated heterocycles. The van der Waals surface area contributed by atoms with E-state index in [1.807, 2.05) is 18.2 Å². The lowest BCUT2D eigenvalue weighted by atomic mass is 10.1. The third-order valence-electron chi connectivity index (χ3n) is 3.56. The number of aryl methyl sites for hydroxylation is 1. The van der Waals surface area contributed by atoms with Crippen LogP contribution < -0.4 is 4.90 Å². The highest BCUT2D eigenvalue weighted by molar-refractivity contribution is 5.55. The van der Waals surface area contributed by atoms with Gasteiger partial charge in [0.05, 0.1) is 0 Å². The van der Waals surface area contributed by atoms with E-state index in [1.54, 1.807) is 0 Å². The molecule has 0 saturated carbocycles. The van der Waals surface area contributed by atoms with Gasteiger partial charge in [-0.1, -0.05) is 42.3 Å². The van der Waals surface area contributed by atoms with Crippen molar-refractivity contribution in [1.82, 2.24) is 0 Å². The van der Waals surface area contributed by atoms with Crippen LogP contribution in [-0.2, 0) is 6.54 Å². The third kappa shape index (κ3) is 3.03. The van der Waals surface area contributed by atoms with Crippen LogP contribution in [0.5, 0.6) is 0 Å². The third-order valence-corrected chi connectivity index (χ3v) is 3.56. The fourth-order valence-electron chi connectivity index (χ4n) is 2.41. The maximum Gasteiger partial charge on any atom is 0.0444 e. The summed E-state index contributed by atoms with van der Waals surface area (Å²) >= 11 is 0. The molecule has 0 fully saturated rings. The Morgan fingerprint density at radius 3 is 2.35 bits per heavy atom. The average Bonchev–Trinajstić information content (AvgIpc) is 2.46. The zero-order valence-electron chi connectivity index (χ0n) is 12.4. The van der Waals surface area contributed by atoms with Gasteiger partial charge in [0, 0.05) is 23.8 Å². The minimum absolute atomic E-state index is 0.418. The molecule has 2 aromatic rings. The van der Waals surface area contributed by atoms with E-state index < -0.39 is 0 Å². The molecule has 0 aliphatic carbocycles. The molecule has 1 nitrogen and oxygen atoms in total. The summed E-state index contributed by atoms with van der Waals surface area (Å²) in [5.41, 5.74) is 4.74. The lowest BCUT2D eigenvalue weighted by Gasteiger charge is -2.31. The van der Waals surface area contributed by atoms with E-state index in [1.165, 1.54) is 16.8 Å². The fourth-order valence-corrected chi connectivity index (χ4v) is 2.41. The Hall–Kier alpha value is -2.20. The van der Waals surface area contributed by atoms with E-state index in [-0.39, 0.29) is 0 Å². The second kappa shape index (κ2) is 6.30. The zero-order chi connectivity index (χ0) is 14.5. The van der Waals surface area contributed by atoms with Gasteiger partial charge in [0.2, 0.25) is 0 Å². The molecule has 2 aromatic carbocycles. The summed E-state index contributed by atoms with van der Waals surface area (Å²) in [5, 5.41) is 0. The molecule has 0 aliphatic rings. The van der Waals surface area contributed by atoms with Crippen molar-refractivity contribution in [2.45, 2.75) is 33.4 Å². The molecule has 0 radical (unpaired) electrons. The highest BCUT2D eigenvalue weighted by atomic mass is 15.2. The van der Waals surface area contributed by atoms with Crippen molar-refractivity contribution >= 4 is 5.69 Å². The van der Waals surface area contributed by atoms with Crippen molar-refractivity contribution in [2.24, 2.45) is 0 Å². The lowest BCUT2D eigenvalue weighted by Crippen LogP contribution is -2.31. The molecule has 0 N–H and O–H groups in total. The zero-order valence-corrected chi connectivity index (χ0v) is 12.4. The summed E-state index contributed by atoms with van der Waals surface area (Å²) in [5.74, 6) is 2.78. The molecule has 0 bridgehead atoms. The highest BCUT2D eigenvalue weighted by Gasteiger charge is 2.14. The Morgan fingerprint density at radius 2 is 1.70 bits per heavy atom. The predicted molar refractivity (Wildman–Crippen MR) is 86.9 cm³/mol. The predicted octanol–water partition coefficient (Wildman–Crippen LogP) is 4.39. The first-order chi connectivity index (χ1) is 9.63. The summed E-state index contributed by atoms with van der Waals surface area (Å²) in [6.07, 6.45) is 5.60. The van der Waals surface area contributed by atoms with Crippen LogP contribution >= 0.6 is 0 Å². The van der Waals surface area contributed by atoms with Crippen LogP contribution in [0.2, 0.25) is 0 Å². The summed E-state index contributed by atoms with van der Waals surface area (Å²) in [4.78, 5) is 2.39. The van der Waals surface area contributed by atoms with Crippen molar-refractivity contribution in [2.75, 3.05) is 4.90 Å². The van der Waals surface area contributed by atoms with Crippen LogP contribution in [0.4, 0.5) is 5.69 Å². The van der Waals surface area contributed by atoms with Crippen LogP contribution in [0.25, 0.3) is 0 Å². The van der Waals surface area contributed by atoms with Crippen LogP contribution in [0, 0.1) is 19.3 Å². The minimum atomic E-state index is 0.418. The summed E-state index contributed by atoms with van der Waals surface area (Å²) in [6, 6.07) is 17.1. The van der Waals surface area contributed by atoms with Crippen molar-refractivity contribution in [3.63, 3.8) is 0 Å². The molecule has 0 aliphatic heterocycles.